The molecule has 15 heavy (non-hydrogen) atoms. The van der Waals surface area contributed by atoms with Crippen molar-refractivity contribution in [3.05, 3.63) is 30.1 Å². The van der Waals surface area contributed by atoms with Gasteiger partial charge in [0.05, 0.1) is 5.54 Å². The van der Waals surface area contributed by atoms with Crippen molar-refractivity contribution in [2.45, 2.75) is 25.9 Å². The highest BCUT2D eigenvalue weighted by Crippen LogP contribution is 2.07. The van der Waals surface area contributed by atoms with Gasteiger partial charge in [0.2, 0.25) is 5.91 Å². The van der Waals surface area contributed by atoms with Crippen molar-refractivity contribution in [3.8, 4) is 0 Å². The lowest BCUT2D eigenvalue weighted by atomic mass is 10.1. The monoisotopic (exact) mass is 207 g/mol. The number of nitrogens with two attached hydrogens (primary N) is 1. The van der Waals surface area contributed by atoms with Crippen molar-refractivity contribution in [1.82, 2.24) is 9.88 Å². The molecule has 0 aliphatic heterocycles. The van der Waals surface area contributed by atoms with Crippen LogP contribution in [-0.2, 0) is 11.3 Å². The van der Waals surface area contributed by atoms with Crippen LogP contribution in [0.1, 0.15) is 19.4 Å². The molecule has 0 saturated heterocycles. The van der Waals surface area contributed by atoms with E-state index >= 15 is 0 Å². The minimum atomic E-state index is -0.822. The zero-order valence-corrected chi connectivity index (χ0v) is 9.40. The van der Waals surface area contributed by atoms with Crippen LogP contribution in [0, 0.1) is 0 Å². The van der Waals surface area contributed by atoms with E-state index in [1.807, 2.05) is 12.1 Å². The summed E-state index contributed by atoms with van der Waals surface area (Å²) in [5.41, 5.74) is 5.90. The standard InChI is InChI=1S/C11H17N3O/c1-11(2,12)10(15)14(3)8-9-5-4-6-13-7-9/h4-7H,8,12H2,1-3H3. The third-order valence-electron chi connectivity index (χ3n) is 2.04. The van der Waals surface area contributed by atoms with Gasteiger partial charge >= 0.3 is 0 Å². The minimum Gasteiger partial charge on any atom is -0.340 e. The fourth-order valence-corrected chi connectivity index (χ4v) is 1.33. The molecule has 0 saturated carbocycles. The van der Waals surface area contributed by atoms with Crippen molar-refractivity contribution in [3.63, 3.8) is 0 Å². The number of hydrogen-bond donors (Lipinski definition) is 1. The van der Waals surface area contributed by atoms with Crippen LogP contribution >= 0.6 is 0 Å². The first-order valence-electron chi connectivity index (χ1n) is 4.84. The first-order chi connectivity index (χ1) is 6.91. The van der Waals surface area contributed by atoms with Gasteiger partial charge in [0, 0.05) is 26.0 Å². The van der Waals surface area contributed by atoms with Crippen LogP contribution in [0.3, 0.4) is 0 Å². The van der Waals surface area contributed by atoms with Gasteiger partial charge in [-0.1, -0.05) is 6.07 Å². The third-order valence-corrected chi connectivity index (χ3v) is 2.04. The molecule has 2 N–H and O–H groups in total. The Balaban J connectivity index is 2.65. The van der Waals surface area contributed by atoms with Crippen molar-refractivity contribution < 1.29 is 4.79 Å². The van der Waals surface area contributed by atoms with Gasteiger partial charge in [-0.05, 0) is 25.5 Å². The van der Waals surface area contributed by atoms with Crippen LogP contribution in [0.2, 0.25) is 0 Å². The van der Waals surface area contributed by atoms with Crippen molar-refractivity contribution in [2.75, 3.05) is 7.05 Å². The predicted octanol–water partition coefficient (Wildman–Crippen LogP) is 0.777. The fourth-order valence-electron chi connectivity index (χ4n) is 1.33. The highest BCUT2D eigenvalue weighted by Gasteiger charge is 2.25. The first kappa shape index (κ1) is 11.7. The molecular weight excluding hydrogens is 190 g/mol. The summed E-state index contributed by atoms with van der Waals surface area (Å²) in [5, 5.41) is 0. The number of rotatable bonds is 3. The topological polar surface area (TPSA) is 59.2 Å². The van der Waals surface area contributed by atoms with Gasteiger partial charge in [0.25, 0.3) is 0 Å². The maximum Gasteiger partial charge on any atom is 0.242 e. The normalized spacial score (nSPS) is 11.2. The summed E-state index contributed by atoms with van der Waals surface area (Å²) < 4.78 is 0. The number of carbonyl (C=O) groups is 1. The zero-order chi connectivity index (χ0) is 11.5. The lowest BCUT2D eigenvalue weighted by molar-refractivity contribution is -0.135. The van der Waals surface area contributed by atoms with Crippen LogP contribution in [0.5, 0.6) is 0 Å². The van der Waals surface area contributed by atoms with Crippen molar-refractivity contribution in [2.24, 2.45) is 5.73 Å². The SMILES string of the molecule is CN(Cc1cccnc1)C(=O)C(C)(C)N. The molecule has 0 aliphatic rings. The highest BCUT2D eigenvalue weighted by atomic mass is 16.2. The van der Waals surface area contributed by atoms with Gasteiger partial charge in [-0.3, -0.25) is 9.78 Å². The molecule has 0 fully saturated rings. The molecular formula is C11H17N3O. The summed E-state index contributed by atoms with van der Waals surface area (Å²) in [6, 6.07) is 3.78. The summed E-state index contributed by atoms with van der Waals surface area (Å²) in [6.07, 6.45) is 3.45. The number of nitrogens with zero attached hydrogens (tertiary/aromatic N) is 2. The van der Waals surface area contributed by atoms with Gasteiger partial charge < -0.3 is 10.6 Å². The molecule has 1 aromatic rings. The average Bonchev–Trinajstić information content (AvgIpc) is 2.16. The number of amides is 1. The van der Waals surface area contributed by atoms with Crippen LogP contribution in [0.15, 0.2) is 24.5 Å². The maximum atomic E-state index is 11.7. The van der Waals surface area contributed by atoms with E-state index in [4.69, 9.17) is 5.73 Å². The molecule has 82 valence electrons. The molecule has 4 heteroatoms. The van der Waals surface area contributed by atoms with E-state index in [2.05, 4.69) is 4.98 Å². The molecule has 0 radical (unpaired) electrons. The van der Waals surface area contributed by atoms with E-state index in [1.54, 1.807) is 38.2 Å². The largest absolute Gasteiger partial charge is 0.340 e. The van der Waals surface area contributed by atoms with E-state index in [9.17, 15) is 4.79 Å². The number of likely N-dealkylation sites (N-methyl/N-ethyl adjacent to an activating group) is 1. The van der Waals surface area contributed by atoms with E-state index < -0.39 is 5.54 Å². The van der Waals surface area contributed by atoms with E-state index in [0.717, 1.165) is 5.56 Å². The van der Waals surface area contributed by atoms with Gasteiger partial charge in [0.1, 0.15) is 0 Å². The zero-order valence-electron chi connectivity index (χ0n) is 9.40. The number of carbonyl (C=O) groups excluding carboxylic acids is 1. The lowest BCUT2D eigenvalue weighted by Crippen LogP contribution is -2.49. The molecule has 0 unspecified atom stereocenters. The van der Waals surface area contributed by atoms with Gasteiger partial charge in [-0.15, -0.1) is 0 Å². The second-order valence-electron chi connectivity index (χ2n) is 4.24. The summed E-state index contributed by atoms with van der Waals surface area (Å²) in [5.74, 6) is -0.0775. The summed E-state index contributed by atoms with van der Waals surface area (Å²) in [7, 11) is 1.74. The van der Waals surface area contributed by atoms with Crippen LogP contribution in [-0.4, -0.2) is 28.4 Å². The predicted molar refractivity (Wildman–Crippen MR) is 59.0 cm³/mol. The van der Waals surface area contributed by atoms with Crippen LogP contribution in [0.4, 0.5) is 0 Å². The Kier molecular flexibility index (Phi) is 3.42. The average molecular weight is 207 g/mol. The Bertz CT molecular complexity index is 329. The Morgan fingerprint density at radius 3 is 2.73 bits per heavy atom. The Morgan fingerprint density at radius 2 is 2.27 bits per heavy atom. The quantitative estimate of drug-likeness (QED) is 0.796. The Hall–Kier alpha value is -1.42. The number of aromatic nitrogens is 1. The third kappa shape index (κ3) is 3.32. The Labute approximate surface area is 90.1 Å². The smallest absolute Gasteiger partial charge is 0.242 e. The number of pyridine rings is 1. The molecule has 1 amide bonds. The van der Waals surface area contributed by atoms with Crippen LogP contribution in [0.25, 0.3) is 0 Å². The molecule has 0 spiro atoms. The Morgan fingerprint density at radius 1 is 1.60 bits per heavy atom. The molecule has 0 aliphatic carbocycles. The number of hydrogen-bond acceptors (Lipinski definition) is 3. The van der Waals surface area contributed by atoms with Gasteiger partial charge in [0.15, 0.2) is 0 Å². The van der Waals surface area contributed by atoms with Gasteiger partial charge in [-0.2, -0.15) is 0 Å². The van der Waals surface area contributed by atoms with Crippen molar-refractivity contribution in [1.29, 1.82) is 0 Å². The van der Waals surface area contributed by atoms with Crippen molar-refractivity contribution >= 4 is 5.91 Å². The van der Waals surface area contributed by atoms with E-state index in [-0.39, 0.29) is 5.91 Å². The minimum absolute atomic E-state index is 0.0775. The van der Waals surface area contributed by atoms with Crippen LogP contribution < -0.4 is 5.73 Å². The molecule has 4 nitrogen and oxygen atoms in total. The fraction of sp³-hybridized carbons (Fsp3) is 0.455. The molecule has 1 rings (SSSR count). The summed E-state index contributed by atoms with van der Waals surface area (Å²) in [6.45, 7) is 3.94. The molecule has 0 atom stereocenters. The lowest BCUT2D eigenvalue weighted by Gasteiger charge is -2.25. The second kappa shape index (κ2) is 4.40. The molecule has 0 aromatic carbocycles. The summed E-state index contributed by atoms with van der Waals surface area (Å²) in [4.78, 5) is 17.3. The molecule has 1 heterocycles. The molecule has 1 aromatic heterocycles. The maximum absolute atomic E-state index is 11.7. The van der Waals surface area contributed by atoms with E-state index in [0.29, 0.717) is 6.54 Å². The van der Waals surface area contributed by atoms with Gasteiger partial charge in [-0.25, -0.2) is 0 Å². The highest BCUT2D eigenvalue weighted by molar-refractivity contribution is 5.84. The molecule has 0 bridgehead atoms. The second-order valence-corrected chi connectivity index (χ2v) is 4.24. The summed E-state index contributed by atoms with van der Waals surface area (Å²) >= 11 is 0. The van der Waals surface area contributed by atoms with E-state index in [1.165, 1.54) is 0 Å². The first-order valence-corrected chi connectivity index (χ1v) is 4.84.